The van der Waals surface area contributed by atoms with E-state index in [1.165, 1.54) is 5.56 Å². The molecule has 1 rings (SSSR count). The van der Waals surface area contributed by atoms with Gasteiger partial charge in [-0.1, -0.05) is 38.1 Å². The Morgan fingerprint density at radius 1 is 1.25 bits per heavy atom. The summed E-state index contributed by atoms with van der Waals surface area (Å²) < 4.78 is 0. The van der Waals surface area contributed by atoms with Crippen molar-refractivity contribution in [2.24, 2.45) is 0 Å². The van der Waals surface area contributed by atoms with Gasteiger partial charge in [0, 0.05) is 5.16 Å². The van der Waals surface area contributed by atoms with Crippen LogP contribution < -0.4 is 0 Å². The second-order valence-electron chi connectivity index (χ2n) is 3.15. The molecule has 0 aliphatic heterocycles. The quantitative estimate of drug-likeness (QED) is 0.624. The van der Waals surface area contributed by atoms with Gasteiger partial charge in [-0.2, -0.15) is 0 Å². The third-order valence-corrected chi connectivity index (χ3v) is 3.70. The van der Waals surface area contributed by atoms with Crippen LogP contribution in [-0.2, 0) is 5.16 Å². The Kier molecular flexibility index (Phi) is 3.29. The zero-order chi connectivity index (χ0) is 9.03. The van der Waals surface area contributed by atoms with Crippen LogP contribution in [0.3, 0.4) is 0 Å². The van der Waals surface area contributed by atoms with Crippen LogP contribution in [-0.4, -0.2) is 0 Å². The summed E-state index contributed by atoms with van der Waals surface area (Å²) >= 11 is 0. The molecular formula is C11H16P. The Bertz CT molecular complexity index is 224. The summed E-state index contributed by atoms with van der Waals surface area (Å²) in [6, 6.07) is 11.3. The maximum absolute atomic E-state index is 3.04. The van der Waals surface area contributed by atoms with E-state index in [0.29, 0.717) is 0 Å². The molecule has 12 heavy (non-hydrogen) atoms. The molecule has 0 aromatic heterocycles. The van der Waals surface area contributed by atoms with Crippen molar-refractivity contribution in [3.05, 3.63) is 35.9 Å². The van der Waals surface area contributed by atoms with Gasteiger partial charge in [-0.3, -0.25) is 0 Å². The van der Waals surface area contributed by atoms with Gasteiger partial charge in [-0.15, -0.1) is 9.24 Å². The highest BCUT2D eigenvalue weighted by atomic mass is 31.0. The van der Waals surface area contributed by atoms with E-state index in [9.17, 15) is 0 Å². The summed E-state index contributed by atoms with van der Waals surface area (Å²) in [5.41, 5.74) is 1.40. The lowest BCUT2D eigenvalue weighted by Gasteiger charge is -2.26. The van der Waals surface area contributed by atoms with E-state index in [0.717, 1.165) is 12.8 Å². The fourth-order valence-electron chi connectivity index (χ4n) is 1.38. The standard InChI is InChI=1S/C11H16P/c1-3-11(12,4-2)10-8-6-5-7-9-10/h6-9H,3-4,12H2,1-2H3. The topological polar surface area (TPSA) is 0 Å². The smallest absolute Gasteiger partial charge is 0.00922 e. The molecule has 0 heterocycles. The SMILES string of the molecule is CCC(P)(CC)c1cc[c]cc1. The molecule has 1 heteroatoms. The number of hydrogen-bond acceptors (Lipinski definition) is 0. The summed E-state index contributed by atoms with van der Waals surface area (Å²) in [7, 11) is 2.97. The molecule has 1 aromatic rings. The van der Waals surface area contributed by atoms with Crippen molar-refractivity contribution >= 4 is 9.24 Å². The van der Waals surface area contributed by atoms with Crippen molar-refractivity contribution < 1.29 is 0 Å². The average Bonchev–Trinajstić information content (AvgIpc) is 2.18. The minimum absolute atomic E-state index is 0.273. The van der Waals surface area contributed by atoms with E-state index in [4.69, 9.17) is 0 Å². The third kappa shape index (κ3) is 1.87. The number of benzene rings is 1. The lowest BCUT2D eigenvalue weighted by molar-refractivity contribution is 0.579. The average molecular weight is 179 g/mol. The minimum Gasteiger partial charge on any atom is -0.126 e. The van der Waals surface area contributed by atoms with Gasteiger partial charge in [0.2, 0.25) is 0 Å². The normalized spacial score (nSPS) is 11.6. The molecular weight excluding hydrogens is 163 g/mol. The largest absolute Gasteiger partial charge is 0.126 e. The van der Waals surface area contributed by atoms with E-state index >= 15 is 0 Å². The van der Waals surface area contributed by atoms with E-state index in [2.05, 4.69) is 41.3 Å². The summed E-state index contributed by atoms with van der Waals surface area (Å²) in [5, 5.41) is 0.273. The number of hydrogen-bond donors (Lipinski definition) is 0. The Morgan fingerprint density at radius 2 is 1.75 bits per heavy atom. The molecule has 0 fully saturated rings. The van der Waals surface area contributed by atoms with Gasteiger partial charge in [0.05, 0.1) is 0 Å². The van der Waals surface area contributed by atoms with Gasteiger partial charge >= 0.3 is 0 Å². The Balaban J connectivity index is 2.95. The third-order valence-electron chi connectivity index (χ3n) is 2.55. The van der Waals surface area contributed by atoms with Crippen molar-refractivity contribution in [2.75, 3.05) is 0 Å². The minimum atomic E-state index is 0.273. The van der Waals surface area contributed by atoms with Crippen molar-refractivity contribution in [3.8, 4) is 0 Å². The van der Waals surface area contributed by atoms with Crippen LogP contribution in [0.5, 0.6) is 0 Å². The van der Waals surface area contributed by atoms with E-state index in [-0.39, 0.29) is 5.16 Å². The van der Waals surface area contributed by atoms with Crippen molar-refractivity contribution in [1.29, 1.82) is 0 Å². The monoisotopic (exact) mass is 179 g/mol. The van der Waals surface area contributed by atoms with E-state index in [1.807, 2.05) is 12.1 Å². The van der Waals surface area contributed by atoms with Crippen LogP contribution in [0.1, 0.15) is 32.3 Å². The Morgan fingerprint density at radius 3 is 2.17 bits per heavy atom. The van der Waals surface area contributed by atoms with Crippen molar-refractivity contribution in [1.82, 2.24) is 0 Å². The summed E-state index contributed by atoms with van der Waals surface area (Å²) in [4.78, 5) is 0. The van der Waals surface area contributed by atoms with Crippen LogP contribution in [0, 0.1) is 6.07 Å². The first kappa shape index (κ1) is 9.74. The molecule has 1 atom stereocenters. The van der Waals surface area contributed by atoms with Crippen LogP contribution >= 0.6 is 9.24 Å². The molecule has 0 N–H and O–H groups in total. The van der Waals surface area contributed by atoms with Crippen molar-refractivity contribution in [2.45, 2.75) is 31.8 Å². The maximum Gasteiger partial charge on any atom is 0.00922 e. The highest BCUT2D eigenvalue weighted by Crippen LogP contribution is 2.37. The van der Waals surface area contributed by atoms with Crippen molar-refractivity contribution in [3.63, 3.8) is 0 Å². The van der Waals surface area contributed by atoms with Crippen LogP contribution in [0.25, 0.3) is 0 Å². The van der Waals surface area contributed by atoms with E-state index < -0.39 is 0 Å². The molecule has 0 nitrogen and oxygen atoms in total. The molecule has 1 unspecified atom stereocenters. The molecule has 0 aliphatic rings. The zero-order valence-electron chi connectivity index (χ0n) is 7.80. The molecule has 65 valence electrons. The van der Waals surface area contributed by atoms with Crippen LogP contribution in [0.2, 0.25) is 0 Å². The second-order valence-corrected chi connectivity index (χ2v) is 4.26. The zero-order valence-corrected chi connectivity index (χ0v) is 8.96. The molecule has 0 saturated heterocycles. The first-order chi connectivity index (χ1) is 5.73. The predicted molar refractivity (Wildman–Crippen MR) is 57.2 cm³/mol. The summed E-state index contributed by atoms with van der Waals surface area (Å²) in [5.74, 6) is 0. The molecule has 0 spiro atoms. The highest BCUT2D eigenvalue weighted by molar-refractivity contribution is 7.18. The first-order valence-corrected chi connectivity index (χ1v) is 5.06. The maximum atomic E-state index is 3.04. The lowest BCUT2D eigenvalue weighted by atomic mass is 9.93. The predicted octanol–water partition coefficient (Wildman–Crippen LogP) is 3.38. The summed E-state index contributed by atoms with van der Waals surface area (Å²) in [6.45, 7) is 4.46. The van der Waals surface area contributed by atoms with Gasteiger partial charge in [-0.25, -0.2) is 0 Å². The fraction of sp³-hybridized carbons (Fsp3) is 0.455. The first-order valence-electron chi connectivity index (χ1n) is 4.48. The van der Waals surface area contributed by atoms with Crippen LogP contribution in [0.15, 0.2) is 24.3 Å². The highest BCUT2D eigenvalue weighted by Gasteiger charge is 2.21. The van der Waals surface area contributed by atoms with Gasteiger partial charge in [0.15, 0.2) is 0 Å². The summed E-state index contributed by atoms with van der Waals surface area (Å²) in [6.07, 6.45) is 2.33. The Labute approximate surface area is 77.6 Å². The van der Waals surface area contributed by atoms with Gasteiger partial charge < -0.3 is 0 Å². The Hall–Kier alpha value is -0.350. The van der Waals surface area contributed by atoms with Gasteiger partial charge in [0.25, 0.3) is 0 Å². The fourth-order valence-corrected chi connectivity index (χ4v) is 1.57. The molecule has 0 bridgehead atoms. The van der Waals surface area contributed by atoms with Crippen LogP contribution in [0.4, 0.5) is 0 Å². The molecule has 0 amide bonds. The van der Waals surface area contributed by atoms with E-state index in [1.54, 1.807) is 0 Å². The lowest BCUT2D eigenvalue weighted by Crippen LogP contribution is -2.14. The molecule has 1 radical (unpaired) electrons. The van der Waals surface area contributed by atoms with Gasteiger partial charge in [-0.05, 0) is 24.5 Å². The molecule has 0 aliphatic carbocycles. The molecule has 1 aromatic carbocycles. The number of rotatable bonds is 3. The molecule has 0 saturated carbocycles. The van der Waals surface area contributed by atoms with Gasteiger partial charge in [0.1, 0.15) is 0 Å². The second kappa shape index (κ2) is 4.05.